The Labute approximate surface area is 161 Å². The van der Waals surface area contributed by atoms with E-state index < -0.39 is 0 Å². The number of piperidine rings is 1. The number of likely N-dealkylation sites (tertiary alicyclic amines) is 1. The number of morpholine rings is 1. The van der Waals surface area contributed by atoms with Crippen LogP contribution in [0, 0.1) is 5.92 Å². The molecule has 4 heterocycles. The van der Waals surface area contributed by atoms with Gasteiger partial charge in [-0.15, -0.1) is 10.2 Å². The summed E-state index contributed by atoms with van der Waals surface area (Å²) >= 11 is 0. The summed E-state index contributed by atoms with van der Waals surface area (Å²) in [7, 11) is 0. The molecule has 0 radical (unpaired) electrons. The number of hydrogen-bond donors (Lipinski definition) is 0. The molecule has 0 N–H and O–H groups in total. The quantitative estimate of drug-likeness (QED) is 0.807. The Morgan fingerprint density at radius 1 is 0.852 bits per heavy atom. The van der Waals surface area contributed by atoms with Crippen molar-refractivity contribution in [3.8, 4) is 0 Å². The minimum atomic E-state index is 0.0950. The molecule has 7 heteroatoms. The Morgan fingerprint density at radius 3 is 2.19 bits per heavy atom. The first-order valence-corrected chi connectivity index (χ1v) is 10.5. The monoisotopic (exact) mass is 373 g/mol. The van der Waals surface area contributed by atoms with Gasteiger partial charge in [-0.05, 0) is 37.8 Å². The molecule has 4 rings (SSSR count). The molecule has 3 saturated heterocycles. The third-order valence-corrected chi connectivity index (χ3v) is 5.98. The standard InChI is InChI=1S/C20H31N5O2/c26-20(24-9-3-1-2-4-10-24)17-6-5-11-25(16-17)19-8-7-18(21-22-19)23-12-14-27-15-13-23/h7-8,17H,1-6,9-16H2. The molecule has 1 aromatic heterocycles. The predicted octanol–water partition coefficient (Wildman–Crippen LogP) is 1.93. The largest absolute Gasteiger partial charge is 0.378 e. The van der Waals surface area contributed by atoms with Crippen molar-refractivity contribution < 1.29 is 9.53 Å². The highest BCUT2D eigenvalue weighted by Crippen LogP contribution is 2.25. The smallest absolute Gasteiger partial charge is 0.227 e. The van der Waals surface area contributed by atoms with E-state index in [-0.39, 0.29) is 5.92 Å². The average Bonchev–Trinajstić information content (AvgIpc) is 3.04. The first-order chi connectivity index (χ1) is 13.3. The molecule has 148 valence electrons. The lowest BCUT2D eigenvalue weighted by atomic mass is 9.96. The summed E-state index contributed by atoms with van der Waals surface area (Å²) in [5.41, 5.74) is 0. The van der Waals surface area contributed by atoms with E-state index in [1.807, 2.05) is 6.07 Å². The van der Waals surface area contributed by atoms with Crippen LogP contribution in [0.25, 0.3) is 0 Å². The molecule has 0 bridgehead atoms. The number of ether oxygens (including phenoxy) is 1. The number of rotatable bonds is 3. The van der Waals surface area contributed by atoms with E-state index in [1.54, 1.807) is 0 Å². The lowest BCUT2D eigenvalue weighted by Crippen LogP contribution is -2.45. The molecule has 0 aliphatic carbocycles. The second kappa shape index (κ2) is 8.87. The van der Waals surface area contributed by atoms with Crippen LogP contribution in [0.5, 0.6) is 0 Å². The van der Waals surface area contributed by atoms with Crippen molar-refractivity contribution in [1.82, 2.24) is 15.1 Å². The SMILES string of the molecule is O=C(C1CCCN(c2ccc(N3CCOCC3)nn2)C1)N1CCCCCC1. The van der Waals surface area contributed by atoms with Crippen molar-refractivity contribution in [2.24, 2.45) is 5.92 Å². The van der Waals surface area contributed by atoms with Gasteiger partial charge in [0.15, 0.2) is 11.6 Å². The first-order valence-electron chi connectivity index (χ1n) is 10.5. The van der Waals surface area contributed by atoms with Crippen LogP contribution in [-0.4, -0.2) is 73.5 Å². The van der Waals surface area contributed by atoms with Gasteiger partial charge in [0.25, 0.3) is 0 Å². The molecule has 7 nitrogen and oxygen atoms in total. The molecule has 1 unspecified atom stereocenters. The van der Waals surface area contributed by atoms with Crippen molar-refractivity contribution in [2.75, 3.05) is 62.3 Å². The van der Waals surface area contributed by atoms with Crippen molar-refractivity contribution in [2.45, 2.75) is 38.5 Å². The summed E-state index contributed by atoms with van der Waals surface area (Å²) in [4.78, 5) is 19.5. The Balaban J connectivity index is 1.38. The summed E-state index contributed by atoms with van der Waals surface area (Å²) in [6, 6.07) is 4.10. The molecule has 27 heavy (non-hydrogen) atoms. The van der Waals surface area contributed by atoms with E-state index in [9.17, 15) is 4.79 Å². The second-order valence-corrected chi connectivity index (χ2v) is 7.87. The zero-order valence-electron chi connectivity index (χ0n) is 16.2. The minimum absolute atomic E-state index is 0.0950. The van der Waals surface area contributed by atoms with Crippen LogP contribution in [0.4, 0.5) is 11.6 Å². The number of nitrogens with zero attached hydrogens (tertiary/aromatic N) is 5. The van der Waals surface area contributed by atoms with Gasteiger partial charge in [0.2, 0.25) is 5.91 Å². The fraction of sp³-hybridized carbons (Fsp3) is 0.750. The van der Waals surface area contributed by atoms with E-state index in [1.165, 1.54) is 12.8 Å². The number of aromatic nitrogens is 2. The lowest BCUT2D eigenvalue weighted by molar-refractivity contribution is -0.135. The zero-order valence-corrected chi connectivity index (χ0v) is 16.2. The van der Waals surface area contributed by atoms with Gasteiger partial charge in [-0.2, -0.15) is 0 Å². The number of amides is 1. The molecule has 0 aromatic carbocycles. The zero-order chi connectivity index (χ0) is 18.5. The maximum atomic E-state index is 13.0. The Morgan fingerprint density at radius 2 is 1.52 bits per heavy atom. The van der Waals surface area contributed by atoms with E-state index in [0.717, 1.165) is 89.8 Å². The molecule has 1 atom stereocenters. The van der Waals surface area contributed by atoms with Crippen molar-refractivity contribution >= 4 is 17.5 Å². The molecule has 3 aliphatic rings. The van der Waals surface area contributed by atoms with Gasteiger partial charge in [0.1, 0.15) is 0 Å². The third-order valence-electron chi connectivity index (χ3n) is 5.98. The van der Waals surface area contributed by atoms with Crippen LogP contribution in [0.1, 0.15) is 38.5 Å². The maximum absolute atomic E-state index is 13.0. The van der Waals surface area contributed by atoms with Crippen LogP contribution in [0.15, 0.2) is 12.1 Å². The number of anilines is 2. The van der Waals surface area contributed by atoms with Gasteiger partial charge in [0, 0.05) is 39.3 Å². The molecular formula is C20H31N5O2. The van der Waals surface area contributed by atoms with E-state index in [2.05, 4.69) is 31.0 Å². The predicted molar refractivity (Wildman–Crippen MR) is 105 cm³/mol. The van der Waals surface area contributed by atoms with E-state index >= 15 is 0 Å². The number of hydrogen-bond acceptors (Lipinski definition) is 6. The van der Waals surface area contributed by atoms with Crippen molar-refractivity contribution in [3.05, 3.63) is 12.1 Å². The molecule has 3 aliphatic heterocycles. The van der Waals surface area contributed by atoms with Crippen LogP contribution in [0.2, 0.25) is 0 Å². The fourth-order valence-electron chi connectivity index (χ4n) is 4.38. The average molecular weight is 374 g/mol. The highest BCUT2D eigenvalue weighted by molar-refractivity contribution is 5.79. The van der Waals surface area contributed by atoms with Crippen LogP contribution in [0.3, 0.4) is 0 Å². The molecule has 3 fully saturated rings. The molecule has 0 spiro atoms. The normalized spacial score (nSPS) is 24.6. The molecular weight excluding hydrogens is 342 g/mol. The van der Waals surface area contributed by atoms with E-state index in [0.29, 0.717) is 5.91 Å². The maximum Gasteiger partial charge on any atom is 0.227 e. The van der Waals surface area contributed by atoms with Gasteiger partial charge in [-0.1, -0.05) is 12.8 Å². The lowest BCUT2D eigenvalue weighted by Gasteiger charge is -2.35. The summed E-state index contributed by atoms with van der Waals surface area (Å²) in [6.07, 6.45) is 6.84. The van der Waals surface area contributed by atoms with Crippen LogP contribution >= 0.6 is 0 Å². The number of carbonyl (C=O) groups excluding carboxylic acids is 1. The van der Waals surface area contributed by atoms with Crippen LogP contribution < -0.4 is 9.80 Å². The van der Waals surface area contributed by atoms with Gasteiger partial charge in [-0.3, -0.25) is 4.79 Å². The summed E-state index contributed by atoms with van der Waals surface area (Å²) in [6.45, 7) is 6.81. The first kappa shape index (κ1) is 18.5. The Bertz CT molecular complexity index is 609. The minimum Gasteiger partial charge on any atom is -0.378 e. The van der Waals surface area contributed by atoms with Gasteiger partial charge in [0.05, 0.1) is 19.1 Å². The molecule has 1 amide bonds. The van der Waals surface area contributed by atoms with Crippen molar-refractivity contribution in [3.63, 3.8) is 0 Å². The topological polar surface area (TPSA) is 61.8 Å². The molecule has 0 saturated carbocycles. The Kier molecular flexibility index (Phi) is 6.07. The van der Waals surface area contributed by atoms with Gasteiger partial charge in [-0.25, -0.2) is 0 Å². The molecule has 1 aromatic rings. The highest BCUT2D eigenvalue weighted by atomic mass is 16.5. The summed E-state index contributed by atoms with van der Waals surface area (Å²) < 4.78 is 5.40. The van der Waals surface area contributed by atoms with E-state index in [4.69, 9.17) is 4.74 Å². The third kappa shape index (κ3) is 4.51. The van der Waals surface area contributed by atoms with Gasteiger partial charge < -0.3 is 19.4 Å². The summed E-state index contributed by atoms with van der Waals surface area (Å²) in [5, 5.41) is 8.90. The van der Waals surface area contributed by atoms with Gasteiger partial charge >= 0.3 is 0 Å². The van der Waals surface area contributed by atoms with Crippen molar-refractivity contribution in [1.29, 1.82) is 0 Å². The summed E-state index contributed by atoms with van der Waals surface area (Å²) in [5.74, 6) is 2.24. The van der Waals surface area contributed by atoms with Crippen LogP contribution in [-0.2, 0) is 9.53 Å². The highest BCUT2D eigenvalue weighted by Gasteiger charge is 2.30. The fourth-order valence-corrected chi connectivity index (χ4v) is 4.38. The Hall–Kier alpha value is -1.89. The second-order valence-electron chi connectivity index (χ2n) is 7.87. The number of carbonyl (C=O) groups is 1.